The molecule has 16 heavy (non-hydrogen) atoms. The summed E-state index contributed by atoms with van der Waals surface area (Å²) in [6.07, 6.45) is 0. The molecule has 0 bridgehead atoms. The van der Waals surface area contributed by atoms with Crippen molar-refractivity contribution in [1.82, 2.24) is 0 Å². The van der Waals surface area contributed by atoms with Gasteiger partial charge in [0.15, 0.2) is 5.78 Å². The van der Waals surface area contributed by atoms with E-state index in [1.54, 1.807) is 19.1 Å². The van der Waals surface area contributed by atoms with E-state index < -0.39 is 0 Å². The number of phenolic OH excluding ortho intramolecular Hbond substituents is 1. The first-order valence-corrected chi connectivity index (χ1v) is 5.81. The second-order valence-corrected chi connectivity index (χ2v) is 4.77. The highest BCUT2D eigenvalue weighted by Crippen LogP contribution is 2.36. The normalized spacial score (nSPS) is 10.4. The third kappa shape index (κ3) is 1.86. The minimum absolute atomic E-state index is 0.0596. The first-order valence-electron chi connectivity index (χ1n) is 4.99. The Labute approximate surface area is 98.2 Å². The molecule has 0 aliphatic heterocycles. The molecule has 1 N–H and O–H groups in total. The summed E-state index contributed by atoms with van der Waals surface area (Å²) in [5.41, 5.74) is 1.83. The number of aromatic hydroxyl groups is 1. The van der Waals surface area contributed by atoms with E-state index >= 15 is 0 Å². The van der Waals surface area contributed by atoms with Gasteiger partial charge in [-0.1, -0.05) is 12.1 Å². The highest BCUT2D eigenvalue weighted by Gasteiger charge is 2.11. The van der Waals surface area contributed by atoms with E-state index in [1.807, 2.05) is 25.1 Å². The number of hydrogen-bond acceptors (Lipinski definition) is 3. The van der Waals surface area contributed by atoms with Gasteiger partial charge in [-0.05, 0) is 37.6 Å². The van der Waals surface area contributed by atoms with Gasteiger partial charge in [0, 0.05) is 10.4 Å². The monoisotopic (exact) mass is 232 g/mol. The van der Waals surface area contributed by atoms with Crippen molar-refractivity contribution in [2.24, 2.45) is 0 Å². The Balaban J connectivity index is 2.54. The van der Waals surface area contributed by atoms with E-state index in [9.17, 15) is 9.90 Å². The SMILES string of the molecule is CC(=O)c1ccc(-c2c(C)cccc2O)s1. The molecule has 82 valence electrons. The van der Waals surface area contributed by atoms with Crippen molar-refractivity contribution in [2.75, 3.05) is 0 Å². The predicted molar refractivity (Wildman–Crippen MR) is 66.2 cm³/mol. The van der Waals surface area contributed by atoms with Gasteiger partial charge in [0.1, 0.15) is 5.75 Å². The van der Waals surface area contributed by atoms with Crippen LogP contribution in [-0.2, 0) is 0 Å². The lowest BCUT2D eigenvalue weighted by Crippen LogP contribution is -1.83. The average molecular weight is 232 g/mol. The number of ketones is 1. The third-order valence-corrected chi connectivity index (χ3v) is 3.65. The summed E-state index contributed by atoms with van der Waals surface area (Å²) in [5.74, 6) is 0.321. The molecule has 0 spiro atoms. The van der Waals surface area contributed by atoms with Crippen LogP contribution in [0.3, 0.4) is 0 Å². The summed E-state index contributed by atoms with van der Waals surface area (Å²) in [7, 11) is 0. The van der Waals surface area contributed by atoms with E-state index in [4.69, 9.17) is 0 Å². The molecule has 0 saturated heterocycles. The van der Waals surface area contributed by atoms with Crippen LogP contribution in [0.1, 0.15) is 22.2 Å². The topological polar surface area (TPSA) is 37.3 Å². The minimum Gasteiger partial charge on any atom is -0.507 e. The van der Waals surface area contributed by atoms with Gasteiger partial charge in [0.2, 0.25) is 0 Å². The fraction of sp³-hybridized carbons (Fsp3) is 0.154. The molecule has 1 aromatic carbocycles. The Morgan fingerprint density at radius 2 is 2.00 bits per heavy atom. The van der Waals surface area contributed by atoms with Gasteiger partial charge in [0.05, 0.1) is 4.88 Å². The van der Waals surface area contributed by atoms with E-state index in [1.165, 1.54) is 11.3 Å². The van der Waals surface area contributed by atoms with E-state index in [0.29, 0.717) is 0 Å². The zero-order valence-corrected chi connectivity index (χ0v) is 9.97. The quantitative estimate of drug-likeness (QED) is 0.803. The van der Waals surface area contributed by atoms with Crippen LogP contribution < -0.4 is 0 Å². The van der Waals surface area contributed by atoms with Crippen molar-refractivity contribution in [2.45, 2.75) is 13.8 Å². The first kappa shape index (κ1) is 10.9. The highest BCUT2D eigenvalue weighted by atomic mass is 32.1. The van der Waals surface area contributed by atoms with Crippen LogP contribution >= 0.6 is 11.3 Å². The molecule has 0 fully saturated rings. The molecule has 0 radical (unpaired) electrons. The van der Waals surface area contributed by atoms with Crippen LogP contribution in [0.15, 0.2) is 30.3 Å². The van der Waals surface area contributed by atoms with Crippen LogP contribution in [0.5, 0.6) is 5.75 Å². The van der Waals surface area contributed by atoms with E-state index in [0.717, 1.165) is 20.9 Å². The molecule has 1 heterocycles. The Bertz CT molecular complexity index is 520. The van der Waals surface area contributed by atoms with Gasteiger partial charge in [-0.3, -0.25) is 4.79 Å². The van der Waals surface area contributed by atoms with Crippen molar-refractivity contribution in [1.29, 1.82) is 0 Å². The summed E-state index contributed by atoms with van der Waals surface area (Å²) >= 11 is 1.41. The Morgan fingerprint density at radius 3 is 2.56 bits per heavy atom. The van der Waals surface area contributed by atoms with Gasteiger partial charge in [-0.15, -0.1) is 11.3 Å². The predicted octanol–water partition coefficient (Wildman–Crippen LogP) is 3.63. The molecular formula is C13H12O2S. The standard InChI is InChI=1S/C13H12O2S/c1-8-4-3-5-10(15)13(8)12-7-6-11(16-12)9(2)14/h3-7,15H,1-2H3. The molecule has 2 rings (SSSR count). The third-order valence-electron chi connectivity index (χ3n) is 2.45. The van der Waals surface area contributed by atoms with Crippen molar-refractivity contribution < 1.29 is 9.90 Å². The smallest absolute Gasteiger partial charge is 0.169 e. The van der Waals surface area contributed by atoms with Gasteiger partial charge in [-0.25, -0.2) is 0 Å². The molecule has 0 aliphatic rings. The number of hydrogen-bond donors (Lipinski definition) is 1. The van der Waals surface area contributed by atoms with Crippen LogP contribution in [0.4, 0.5) is 0 Å². The van der Waals surface area contributed by atoms with Crippen molar-refractivity contribution in [3.8, 4) is 16.2 Å². The summed E-state index contributed by atoms with van der Waals surface area (Å²) in [6.45, 7) is 3.50. The fourth-order valence-corrected chi connectivity index (χ4v) is 2.65. The van der Waals surface area contributed by atoms with Crippen LogP contribution in [0, 0.1) is 6.92 Å². The number of aryl methyl sites for hydroxylation is 1. The second kappa shape index (κ2) is 4.10. The van der Waals surface area contributed by atoms with Crippen LogP contribution in [0.25, 0.3) is 10.4 Å². The number of carbonyl (C=O) groups is 1. The van der Waals surface area contributed by atoms with E-state index in [-0.39, 0.29) is 11.5 Å². The van der Waals surface area contributed by atoms with Crippen molar-refractivity contribution in [3.63, 3.8) is 0 Å². The van der Waals surface area contributed by atoms with Crippen LogP contribution in [-0.4, -0.2) is 10.9 Å². The fourth-order valence-electron chi connectivity index (χ4n) is 1.63. The highest BCUT2D eigenvalue weighted by molar-refractivity contribution is 7.17. The lowest BCUT2D eigenvalue weighted by molar-refractivity contribution is 0.102. The molecule has 0 saturated carbocycles. The molecule has 3 heteroatoms. The second-order valence-electron chi connectivity index (χ2n) is 3.69. The molecule has 0 atom stereocenters. The molecule has 0 amide bonds. The van der Waals surface area contributed by atoms with Gasteiger partial charge in [-0.2, -0.15) is 0 Å². The summed E-state index contributed by atoms with van der Waals surface area (Å²) in [5, 5.41) is 9.81. The first-order chi connectivity index (χ1) is 7.59. The lowest BCUT2D eigenvalue weighted by atomic mass is 10.1. The summed E-state index contributed by atoms with van der Waals surface area (Å²) < 4.78 is 0. The summed E-state index contributed by atoms with van der Waals surface area (Å²) in [6, 6.07) is 9.10. The largest absolute Gasteiger partial charge is 0.507 e. The van der Waals surface area contributed by atoms with Gasteiger partial charge in [0.25, 0.3) is 0 Å². The molecular weight excluding hydrogens is 220 g/mol. The Morgan fingerprint density at radius 1 is 1.25 bits per heavy atom. The zero-order valence-electron chi connectivity index (χ0n) is 9.15. The zero-order chi connectivity index (χ0) is 11.7. The Hall–Kier alpha value is -1.61. The molecule has 1 aromatic heterocycles. The summed E-state index contributed by atoms with van der Waals surface area (Å²) in [4.78, 5) is 12.9. The number of Topliss-reactive ketones (excluding diaryl/α,β-unsaturated/α-hetero) is 1. The van der Waals surface area contributed by atoms with Crippen molar-refractivity contribution >= 4 is 17.1 Å². The molecule has 2 nitrogen and oxygen atoms in total. The van der Waals surface area contributed by atoms with Crippen molar-refractivity contribution in [3.05, 3.63) is 40.8 Å². The lowest BCUT2D eigenvalue weighted by Gasteiger charge is -2.05. The number of benzene rings is 1. The maximum Gasteiger partial charge on any atom is 0.169 e. The molecule has 0 unspecified atom stereocenters. The number of thiophene rings is 1. The molecule has 2 aromatic rings. The average Bonchev–Trinajstić information content (AvgIpc) is 2.66. The van der Waals surface area contributed by atoms with Gasteiger partial charge < -0.3 is 5.11 Å². The van der Waals surface area contributed by atoms with Gasteiger partial charge >= 0.3 is 0 Å². The maximum atomic E-state index is 11.2. The molecule has 0 aliphatic carbocycles. The Kier molecular flexibility index (Phi) is 2.79. The minimum atomic E-state index is 0.0596. The van der Waals surface area contributed by atoms with Crippen LogP contribution in [0.2, 0.25) is 0 Å². The van der Waals surface area contributed by atoms with E-state index in [2.05, 4.69) is 0 Å². The maximum absolute atomic E-state index is 11.2. The number of rotatable bonds is 2. The number of phenols is 1. The number of carbonyl (C=O) groups excluding carboxylic acids is 1.